The molecule has 2 atom stereocenters. The molecule has 0 aliphatic carbocycles. The number of amides is 2. The van der Waals surface area contributed by atoms with Crippen LogP contribution in [0, 0.1) is 0 Å². The molecule has 170 valence electrons. The summed E-state index contributed by atoms with van der Waals surface area (Å²) in [6.45, 7) is 2.40. The fourth-order valence-corrected chi connectivity index (χ4v) is 3.57. The monoisotopic (exact) mass is 435 g/mol. The van der Waals surface area contributed by atoms with Gasteiger partial charge in [0.25, 0.3) is 0 Å². The molecule has 2 rings (SSSR count). The summed E-state index contributed by atoms with van der Waals surface area (Å²) in [5.74, 6) is -2.50. The second-order valence-corrected chi connectivity index (χ2v) is 7.77. The minimum atomic E-state index is -1.14. The summed E-state index contributed by atoms with van der Waals surface area (Å²) in [5, 5.41) is 23.4. The second kappa shape index (κ2) is 11.3. The van der Waals surface area contributed by atoms with Crippen LogP contribution in [0.3, 0.4) is 0 Å². The summed E-state index contributed by atoms with van der Waals surface area (Å²) in [4.78, 5) is 48.3. The van der Waals surface area contributed by atoms with E-state index in [1.54, 1.807) is 4.90 Å². The molecule has 0 aromatic heterocycles. The van der Waals surface area contributed by atoms with E-state index in [9.17, 15) is 24.3 Å². The highest BCUT2D eigenvalue weighted by Crippen LogP contribution is 2.28. The standard InChI is InChI=1S/C21H29N3O7/c1-21(14-23-16(19(28)29)8-9-18(26)27)10-5-11-24(21)17(25)12-22-20(30)31-13-15-6-3-2-4-7-15/h2-4,6-7,16,23H,5,8-14H2,1H3,(H,22,30)(H,26,27)(H,28,29). The van der Waals surface area contributed by atoms with Crippen LogP contribution < -0.4 is 10.6 Å². The van der Waals surface area contributed by atoms with E-state index in [0.717, 1.165) is 12.0 Å². The maximum atomic E-state index is 12.7. The molecule has 1 aliphatic heterocycles. The van der Waals surface area contributed by atoms with Gasteiger partial charge in [0.2, 0.25) is 5.91 Å². The molecule has 31 heavy (non-hydrogen) atoms. The summed E-state index contributed by atoms with van der Waals surface area (Å²) in [5.41, 5.74) is 0.196. The van der Waals surface area contributed by atoms with E-state index >= 15 is 0 Å². The number of likely N-dealkylation sites (tertiary alicyclic amines) is 1. The van der Waals surface area contributed by atoms with Gasteiger partial charge in [0.05, 0.1) is 5.54 Å². The Balaban J connectivity index is 1.83. The number of alkyl carbamates (subject to hydrolysis) is 1. The fraction of sp³-hybridized carbons (Fsp3) is 0.524. The van der Waals surface area contributed by atoms with E-state index in [1.165, 1.54) is 0 Å². The molecule has 0 saturated carbocycles. The maximum absolute atomic E-state index is 12.7. The molecule has 10 heteroatoms. The van der Waals surface area contributed by atoms with Crippen molar-refractivity contribution < 1.29 is 34.1 Å². The molecule has 4 N–H and O–H groups in total. The molecule has 1 aliphatic rings. The average Bonchev–Trinajstić information content (AvgIpc) is 3.12. The number of carbonyl (C=O) groups is 4. The molecule has 2 amide bonds. The molecule has 1 fully saturated rings. The molecule has 1 aromatic carbocycles. The Bertz CT molecular complexity index is 786. The van der Waals surface area contributed by atoms with Crippen molar-refractivity contribution >= 4 is 23.9 Å². The number of rotatable bonds is 11. The van der Waals surface area contributed by atoms with Gasteiger partial charge in [-0.2, -0.15) is 0 Å². The molecule has 0 spiro atoms. The van der Waals surface area contributed by atoms with Crippen molar-refractivity contribution in [2.24, 2.45) is 0 Å². The van der Waals surface area contributed by atoms with E-state index in [4.69, 9.17) is 9.84 Å². The van der Waals surface area contributed by atoms with Crippen LogP contribution in [0.25, 0.3) is 0 Å². The fourth-order valence-electron chi connectivity index (χ4n) is 3.57. The predicted octanol–water partition coefficient (Wildman–Crippen LogP) is 1.20. The molecule has 1 saturated heterocycles. The van der Waals surface area contributed by atoms with E-state index in [1.807, 2.05) is 37.3 Å². The number of benzene rings is 1. The molecular formula is C21H29N3O7. The Morgan fingerprint density at radius 3 is 2.55 bits per heavy atom. The lowest BCUT2D eigenvalue weighted by molar-refractivity contribution is -0.140. The molecule has 1 aromatic rings. The van der Waals surface area contributed by atoms with Gasteiger partial charge < -0.3 is 30.5 Å². The third-order valence-corrected chi connectivity index (χ3v) is 5.32. The first kappa shape index (κ1) is 24.1. The van der Waals surface area contributed by atoms with Gasteiger partial charge >= 0.3 is 18.0 Å². The van der Waals surface area contributed by atoms with Gasteiger partial charge in [0.15, 0.2) is 0 Å². The largest absolute Gasteiger partial charge is 0.481 e. The third kappa shape index (κ3) is 7.56. The zero-order valence-corrected chi connectivity index (χ0v) is 17.5. The molecular weight excluding hydrogens is 406 g/mol. The number of aliphatic carboxylic acids is 2. The summed E-state index contributed by atoms with van der Waals surface area (Å²) in [6, 6.07) is 8.15. The van der Waals surface area contributed by atoms with Crippen molar-refractivity contribution in [3.8, 4) is 0 Å². The van der Waals surface area contributed by atoms with Gasteiger partial charge in [-0.15, -0.1) is 0 Å². The number of ether oxygens (including phenoxy) is 1. The van der Waals surface area contributed by atoms with Crippen LogP contribution in [0.1, 0.15) is 38.2 Å². The van der Waals surface area contributed by atoms with Crippen LogP contribution in [0.15, 0.2) is 30.3 Å². The highest BCUT2D eigenvalue weighted by atomic mass is 16.5. The van der Waals surface area contributed by atoms with Crippen LogP contribution in [0.4, 0.5) is 4.79 Å². The summed E-state index contributed by atoms with van der Waals surface area (Å²) in [7, 11) is 0. The Morgan fingerprint density at radius 1 is 1.19 bits per heavy atom. The first-order valence-electron chi connectivity index (χ1n) is 10.1. The van der Waals surface area contributed by atoms with Gasteiger partial charge in [-0.1, -0.05) is 30.3 Å². The third-order valence-electron chi connectivity index (χ3n) is 5.32. The average molecular weight is 435 g/mol. The lowest BCUT2D eigenvalue weighted by Crippen LogP contribution is -2.55. The number of nitrogens with zero attached hydrogens (tertiary/aromatic N) is 1. The highest BCUT2D eigenvalue weighted by molar-refractivity contribution is 5.83. The van der Waals surface area contributed by atoms with Crippen molar-refractivity contribution in [3.63, 3.8) is 0 Å². The van der Waals surface area contributed by atoms with Crippen molar-refractivity contribution in [1.29, 1.82) is 0 Å². The molecule has 10 nitrogen and oxygen atoms in total. The van der Waals surface area contributed by atoms with Crippen LogP contribution in [-0.4, -0.2) is 70.3 Å². The van der Waals surface area contributed by atoms with E-state index in [0.29, 0.717) is 13.0 Å². The maximum Gasteiger partial charge on any atom is 0.407 e. The van der Waals surface area contributed by atoms with Gasteiger partial charge in [-0.25, -0.2) is 4.79 Å². The number of hydrogen-bond donors (Lipinski definition) is 4. The van der Waals surface area contributed by atoms with E-state index in [-0.39, 0.29) is 38.4 Å². The van der Waals surface area contributed by atoms with Crippen molar-refractivity contribution in [2.75, 3.05) is 19.6 Å². The lowest BCUT2D eigenvalue weighted by atomic mass is 9.97. The Labute approximate surface area is 180 Å². The Morgan fingerprint density at radius 2 is 1.90 bits per heavy atom. The number of carboxylic acid groups (broad SMARTS) is 2. The molecule has 1 heterocycles. The number of carboxylic acids is 2. The van der Waals surface area contributed by atoms with E-state index in [2.05, 4.69) is 10.6 Å². The minimum Gasteiger partial charge on any atom is -0.481 e. The summed E-state index contributed by atoms with van der Waals surface area (Å²) < 4.78 is 5.10. The predicted molar refractivity (Wildman–Crippen MR) is 110 cm³/mol. The number of nitrogens with one attached hydrogen (secondary N) is 2. The lowest BCUT2D eigenvalue weighted by Gasteiger charge is -2.36. The van der Waals surface area contributed by atoms with Crippen molar-refractivity contribution in [2.45, 2.75) is 50.8 Å². The van der Waals surface area contributed by atoms with Gasteiger partial charge in [0, 0.05) is 19.5 Å². The smallest absolute Gasteiger partial charge is 0.407 e. The van der Waals surface area contributed by atoms with Gasteiger partial charge in [-0.05, 0) is 31.7 Å². The summed E-state index contributed by atoms with van der Waals surface area (Å²) >= 11 is 0. The molecule has 0 bridgehead atoms. The zero-order valence-electron chi connectivity index (χ0n) is 17.5. The SMILES string of the molecule is CC1(CNC(CCC(=O)O)C(=O)O)CCCN1C(=O)CNC(=O)OCc1ccccc1. The highest BCUT2D eigenvalue weighted by Gasteiger charge is 2.40. The Kier molecular flexibility index (Phi) is 8.80. The Hall–Kier alpha value is -3.14. The zero-order chi connectivity index (χ0) is 22.9. The van der Waals surface area contributed by atoms with Crippen LogP contribution in [0.2, 0.25) is 0 Å². The first-order chi connectivity index (χ1) is 14.7. The van der Waals surface area contributed by atoms with Crippen LogP contribution >= 0.6 is 0 Å². The topological polar surface area (TPSA) is 145 Å². The van der Waals surface area contributed by atoms with Gasteiger partial charge in [-0.3, -0.25) is 14.4 Å². The van der Waals surface area contributed by atoms with E-state index < -0.39 is 29.6 Å². The van der Waals surface area contributed by atoms with Crippen LogP contribution in [0.5, 0.6) is 0 Å². The second-order valence-electron chi connectivity index (χ2n) is 7.77. The first-order valence-corrected chi connectivity index (χ1v) is 10.1. The van der Waals surface area contributed by atoms with Crippen molar-refractivity contribution in [1.82, 2.24) is 15.5 Å². The quantitative estimate of drug-likeness (QED) is 0.406. The normalized spacial score (nSPS) is 18.9. The van der Waals surface area contributed by atoms with Gasteiger partial charge in [0.1, 0.15) is 19.2 Å². The number of hydrogen-bond acceptors (Lipinski definition) is 6. The molecule has 0 radical (unpaired) electrons. The summed E-state index contributed by atoms with van der Waals surface area (Å²) in [6.07, 6.45) is 0.392. The molecule has 2 unspecified atom stereocenters. The minimum absolute atomic E-state index is 0.0521. The number of carbonyl (C=O) groups excluding carboxylic acids is 2. The van der Waals surface area contributed by atoms with Crippen molar-refractivity contribution in [3.05, 3.63) is 35.9 Å². The van der Waals surface area contributed by atoms with Crippen LogP contribution in [-0.2, 0) is 25.7 Å².